The Labute approximate surface area is 170 Å². The van der Waals surface area contributed by atoms with E-state index in [4.69, 9.17) is 4.74 Å². The van der Waals surface area contributed by atoms with Crippen LogP contribution in [0.1, 0.15) is 53.9 Å². The largest absolute Gasteiger partial charge is 0.507 e. The number of hydrogen-bond acceptors (Lipinski definition) is 7. The highest BCUT2D eigenvalue weighted by Gasteiger charge is 2.61. The van der Waals surface area contributed by atoms with Crippen molar-refractivity contribution in [1.29, 1.82) is 0 Å². The molecule has 5 atom stereocenters. The van der Waals surface area contributed by atoms with Crippen LogP contribution in [0.3, 0.4) is 0 Å². The first-order valence-electron chi connectivity index (χ1n) is 10.1. The Morgan fingerprint density at radius 3 is 2.38 bits per heavy atom. The van der Waals surface area contributed by atoms with Gasteiger partial charge in [0.25, 0.3) is 0 Å². The maximum atomic E-state index is 13.2. The normalized spacial score (nSPS) is 35.2. The molecule has 3 aliphatic rings. The van der Waals surface area contributed by atoms with Gasteiger partial charge in [-0.05, 0) is 18.3 Å². The molecule has 0 radical (unpaired) electrons. The summed E-state index contributed by atoms with van der Waals surface area (Å²) in [4.78, 5) is 37.3. The second-order valence-corrected chi connectivity index (χ2v) is 9.59. The van der Waals surface area contributed by atoms with Gasteiger partial charge in [0.05, 0.1) is 18.3 Å². The van der Waals surface area contributed by atoms with Crippen molar-refractivity contribution >= 4 is 17.5 Å². The van der Waals surface area contributed by atoms with Crippen LogP contribution in [0.5, 0.6) is 0 Å². The Morgan fingerprint density at radius 1 is 1.17 bits per heavy atom. The van der Waals surface area contributed by atoms with E-state index in [2.05, 4.69) is 0 Å². The van der Waals surface area contributed by atoms with Gasteiger partial charge in [0.1, 0.15) is 11.9 Å². The lowest BCUT2D eigenvalue weighted by Crippen LogP contribution is -2.59. The smallest absolute Gasteiger partial charge is 0.302 e. The number of allylic oxidation sites excluding steroid dienone is 1. The molecule has 1 fully saturated rings. The number of aliphatic hydroxyl groups excluding tert-OH is 3. The number of carbonyl (C=O) groups is 3. The van der Waals surface area contributed by atoms with Crippen LogP contribution < -0.4 is 0 Å². The predicted molar refractivity (Wildman–Crippen MR) is 104 cm³/mol. The fourth-order valence-corrected chi connectivity index (χ4v) is 5.92. The summed E-state index contributed by atoms with van der Waals surface area (Å²) in [5.74, 6) is -3.77. The van der Waals surface area contributed by atoms with Crippen molar-refractivity contribution in [3.63, 3.8) is 0 Å². The Kier molecular flexibility index (Phi) is 5.28. The number of fused-ring (bicyclic) bond motifs is 2. The number of ketones is 2. The molecular weight excluding hydrogens is 376 g/mol. The van der Waals surface area contributed by atoms with Gasteiger partial charge in [0.2, 0.25) is 11.6 Å². The zero-order valence-corrected chi connectivity index (χ0v) is 17.6. The lowest BCUT2D eigenvalue weighted by Gasteiger charge is -2.57. The van der Waals surface area contributed by atoms with Crippen molar-refractivity contribution in [2.24, 2.45) is 22.7 Å². The molecule has 0 aliphatic heterocycles. The van der Waals surface area contributed by atoms with E-state index in [0.717, 1.165) is 12.8 Å². The summed E-state index contributed by atoms with van der Waals surface area (Å²) in [5, 5.41) is 32.8. The maximum absolute atomic E-state index is 13.2. The SMILES string of the molecule is CC(=O)OC[C@@H](C)C1=C(O)C2=C(C(=O)C1=O)[C@@]1(C)CCCC(C)(C)[C@@H]1[C@H](O)[C@H]2O. The number of aliphatic hydroxyl groups is 3. The minimum Gasteiger partial charge on any atom is -0.507 e. The summed E-state index contributed by atoms with van der Waals surface area (Å²) in [5.41, 5.74) is -1.29. The Hall–Kier alpha value is -1.99. The molecule has 3 aliphatic carbocycles. The topological polar surface area (TPSA) is 121 Å². The molecule has 3 N–H and O–H groups in total. The van der Waals surface area contributed by atoms with Crippen LogP contribution in [0.15, 0.2) is 22.5 Å². The van der Waals surface area contributed by atoms with Crippen molar-refractivity contribution in [2.45, 2.75) is 66.1 Å². The van der Waals surface area contributed by atoms with E-state index >= 15 is 0 Å². The van der Waals surface area contributed by atoms with Gasteiger partial charge < -0.3 is 20.1 Å². The summed E-state index contributed by atoms with van der Waals surface area (Å²) >= 11 is 0. The highest BCUT2D eigenvalue weighted by atomic mass is 16.5. The predicted octanol–water partition coefficient (Wildman–Crippen LogP) is 2.01. The first-order chi connectivity index (χ1) is 13.3. The van der Waals surface area contributed by atoms with Gasteiger partial charge >= 0.3 is 5.97 Å². The third-order valence-corrected chi connectivity index (χ3v) is 7.06. The van der Waals surface area contributed by atoms with E-state index in [1.54, 1.807) is 6.92 Å². The molecule has 7 heteroatoms. The summed E-state index contributed by atoms with van der Waals surface area (Å²) < 4.78 is 4.93. The van der Waals surface area contributed by atoms with Crippen LogP contribution in [0, 0.1) is 22.7 Å². The Bertz CT molecular complexity index is 834. The van der Waals surface area contributed by atoms with Crippen molar-refractivity contribution in [1.82, 2.24) is 0 Å². The number of hydrogen-bond donors (Lipinski definition) is 3. The first-order valence-corrected chi connectivity index (χ1v) is 10.1. The molecular formula is C22H30O7. The molecule has 0 aromatic rings. The third kappa shape index (κ3) is 3.15. The third-order valence-electron chi connectivity index (χ3n) is 7.06. The van der Waals surface area contributed by atoms with Crippen molar-refractivity contribution in [3.05, 3.63) is 22.5 Å². The molecule has 7 nitrogen and oxygen atoms in total. The van der Waals surface area contributed by atoms with E-state index in [9.17, 15) is 29.7 Å². The van der Waals surface area contributed by atoms with Gasteiger partial charge in [0, 0.05) is 35.3 Å². The van der Waals surface area contributed by atoms with E-state index in [1.165, 1.54) is 6.92 Å². The Balaban J connectivity index is 2.19. The molecule has 0 spiro atoms. The van der Waals surface area contributed by atoms with E-state index in [0.29, 0.717) is 6.42 Å². The average molecular weight is 406 g/mol. The highest BCUT2D eigenvalue weighted by Crippen LogP contribution is 2.61. The van der Waals surface area contributed by atoms with E-state index in [-0.39, 0.29) is 28.7 Å². The summed E-state index contributed by atoms with van der Waals surface area (Å²) in [6.07, 6.45) is -0.445. The fraction of sp³-hybridized carbons (Fsp3) is 0.682. The molecule has 0 unspecified atom stereocenters. The molecule has 3 rings (SSSR count). The quantitative estimate of drug-likeness (QED) is 0.372. The summed E-state index contributed by atoms with van der Waals surface area (Å²) in [6, 6.07) is 0. The zero-order valence-electron chi connectivity index (χ0n) is 17.6. The van der Waals surface area contributed by atoms with E-state index in [1.807, 2.05) is 20.8 Å². The van der Waals surface area contributed by atoms with Crippen LogP contribution in [0.4, 0.5) is 0 Å². The lowest BCUT2D eigenvalue weighted by atomic mass is 9.47. The molecule has 0 aromatic carbocycles. The number of Topliss-reactive ketones (excluding diaryl/α,β-unsaturated/α-hetero) is 2. The van der Waals surface area contributed by atoms with Crippen LogP contribution in [0.25, 0.3) is 0 Å². The van der Waals surface area contributed by atoms with E-state index < -0.39 is 52.8 Å². The second-order valence-electron chi connectivity index (χ2n) is 9.59. The summed E-state index contributed by atoms with van der Waals surface area (Å²) in [6.45, 7) is 8.44. The Morgan fingerprint density at radius 2 is 1.79 bits per heavy atom. The second kappa shape index (κ2) is 7.06. The number of esters is 1. The van der Waals surface area contributed by atoms with Gasteiger partial charge in [-0.2, -0.15) is 0 Å². The zero-order chi connectivity index (χ0) is 21.9. The molecule has 0 heterocycles. The minimum absolute atomic E-state index is 0.0526. The van der Waals surface area contributed by atoms with Gasteiger partial charge in [0.15, 0.2) is 0 Å². The molecule has 0 bridgehead atoms. The minimum atomic E-state index is -1.48. The van der Waals surface area contributed by atoms with Crippen molar-refractivity contribution < 1.29 is 34.4 Å². The number of carbonyl (C=O) groups excluding carboxylic acids is 3. The molecule has 0 saturated heterocycles. The molecule has 29 heavy (non-hydrogen) atoms. The van der Waals surface area contributed by atoms with Gasteiger partial charge in [-0.15, -0.1) is 0 Å². The first kappa shape index (κ1) is 21.7. The lowest BCUT2D eigenvalue weighted by molar-refractivity contribution is -0.143. The van der Waals surface area contributed by atoms with Crippen LogP contribution in [-0.4, -0.2) is 51.7 Å². The standard InChI is InChI=1S/C22H30O7/c1-10(9-29-11(2)23)12-15(24)13-14(18(27)16(12)25)22(5)8-6-7-21(3,4)20(22)19(28)17(13)26/h10,17,19-20,24,26,28H,6-9H2,1-5H3/t10-,17+,19-,20+,22-/m1/s1. The number of rotatable bonds is 3. The van der Waals surface area contributed by atoms with Gasteiger partial charge in [-0.1, -0.05) is 34.1 Å². The molecule has 1 saturated carbocycles. The van der Waals surface area contributed by atoms with Crippen molar-refractivity contribution in [3.8, 4) is 0 Å². The monoisotopic (exact) mass is 406 g/mol. The van der Waals surface area contributed by atoms with Gasteiger partial charge in [-0.3, -0.25) is 14.4 Å². The van der Waals surface area contributed by atoms with Crippen LogP contribution in [-0.2, 0) is 19.1 Å². The van der Waals surface area contributed by atoms with Crippen LogP contribution >= 0.6 is 0 Å². The number of ether oxygens (including phenoxy) is 1. The fourth-order valence-electron chi connectivity index (χ4n) is 5.92. The van der Waals surface area contributed by atoms with Crippen molar-refractivity contribution in [2.75, 3.05) is 6.61 Å². The summed E-state index contributed by atoms with van der Waals surface area (Å²) in [7, 11) is 0. The van der Waals surface area contributed by atoms with Gasteiger partial charge in [-0.25, -0.2) is 0 Å². The molecule has 0 amide bonds. The molecule has 0 aromatic heterocycles. The maximum Gasteiger partial charge on any atom is 0.302 e. The molecule has 160 valence electrons. The van der Waals surface area contributed by atoms with Crippen LogP contribution in [0.2, 0.25) is 0 Å². The highest BCUT2D eigenvalue weighted by molar-refractivity contribution is 6.50. The average Bonchev–Trinajstić information content (AvgIpc) is 2.60.